The second-order valence-electron chi connectivity index (χ2n) is 4.58. The van der Waals surface area contributed by atoms with E-state index in [1.165, 1.54) is 11.3 Å². The van der Waals surface area contributed by atoms with Gasteiger partial charge in [-0.25, -0.2) is 0 Å². The largest absolute Gasteiger partial charge is 0.466 e. The maximum atomic E-state index is 12.5. The highest BCUT2D eigenvalue weighted by Crippen LogP contribution is 2.14. The summed E-state index contributed by atoms with van der Waals surface area (Å²) in [5, 5.41) is 1.86. The van der Waals surface area contributed by atoms with Crippen molar-refractivity contribution < 1.29 is 14.3 Å². The SMILES string of the molecule is CCOC(=O)CCN(Cc1ccccn1)C(=O)c1cccs1. The average molecular weight is 318 g/mol. The number of carbonyl (C=O) groups is 2. The topological polar surface area (TPSA) is 59.5 Å². The summed E-state index contributed by atoms with van der Waals surface area (Å²) in [5.41, 5.74) is 0.788. The first-order chi connectivity index (χ1) is 10.7. The Kier molecular flexibility index (Phi) is 6.09. The molecule has 6 heteroatoms. The summed E-state index contributed by atoms with van der Waals surface area (Å²) in [5.74, 6) is -0.391. The summed E-state index contributed by atoms with van der Waals surface area (Å²) >= 11 is 1.39. The van der Waals surface area contributed by atoms with Crippen molar-refractivity contribution in [1.29, 1.82) is 0 Å². The van der Waals surface area contributed by atoms with Crippen LogP contribution in [-0.2, 0) is 16.1 Å². The predicted octanol–water partition coefficient (Wildman–Crippen LogP) is 2.74. The van der Waals surface area contributed by atoms with Crippen LogP contribution in [0.3, 0.4) is 0 Å². The Bertz CT molecular complexity index is 599. The third-order valence-electron chi connectivity index (χ3n) is 2.99. The Hall–Kier alpha value is -2.21. The molecule has 2 rings (SSSR count). The molecule has 0 unspecified atom stereocenters. The van der Waals surface area contributed by atoms with Crippen molar-refractivity contribution in [2.24, 2.45) is 0 Å². The van der Waals surface area contributed by atoms with E-state index in [-0.39, 0.29) is 18.3 Å². The van der Waals surface area contributed by atoms with Crippen LogP contribution in [0.2, 0.25) is 0 Å². The fourth-order valence-electron chi connectivity index (χ4n) is 1.96. The van der Waals surface area contributed by atoms with Crippen LogP contribution < -0.4 is 0 Å². The molecule has 0 saturated carbocycles. The van der Waals surface area contributed by atoms with E-state index < -0.39 is 0 Å². The van der Waals surface area contributed by atoms with Gasteiger partial charge in [0.1, 0.15) is 0 Å². The molecule has 0 radical (unpaired) electrons. The fourth-order valence-corrected chi connectivity index (χ4v) is 2.65. The number of nitrogens with zero attached hydrogens (tertiary/aromatic N) is 2. The van der Waals surface area contributed by atoms with Crippen LogP contribution in [0.4, 0.5) is 0 Å². The van der Waals surface area contributed by atoms with E-state index >= 15 is 0 Å². The maximum Gasteiger partial charge on any atom is 0.307 e. The van der Waals surface area contributed by atoms with Crippen LogP contribution in [0, 0.1) is 0 Å². The summed E-state index contributed by atoms with van der Waals surface area (Å²) in [6.07, 6.45) is 1.87. The first-order valence-electron chi connectivity index (χ1n) is 7.09. The smallest absolute Gasteiger partial charge is 0.307 e. The van der Waals surface area contributed by atoms with E-state index in [0.29, 0.717) is 24.6 Å². The van der Waals surface area contributed by atoms with E-state index in [9.17, 15) is 9.59 Å². The van der Waals surface area contributed by atoms with E-state index in [4.69, 9.17) is 4.74 Å². The summed E-state index contributed by atoms with van der Waals surface area (Å²) in [7, 11) is 0. The quantitative estimate of drug-likeness (QED) is 0.737. The maximum absolute atomic E-state index is 12.5. The van der Waals surface area contributed by atoms with Gasteiger partial charge in [0.05, 0.1) is 30.1 Å². The lowest BCUT2D eigenvalue weighted by Crippen LogP contribution is -2.32. The number of ether oxygens (including phenoxy) is 1. The van der Waals surface area contributed by atoms with Crippen molar-refractivity contribution in [2.75, 3.05) is 13.2 Å². The Balaban J connectivity index is 2.06. The molecule has 0 spiro atoms. The van der Waals surface area contributed by atoms with Gasteiger partial charge >= 0.3 is 5.97 Å². The highest BCUT2D eigenvalue weighted by molar-refractivity contribution is 7.12. The zero-order valence-corrected chi connectivity index (χ0v) is 13.2. The molecule has 1 amide bonds. The summed E-state index contributed by atoms with van der Waals surface area (Å²) in [6.45, 7) is 2.79. The van der Waals surface area contributed by atoms with Gasteiger partial charge in [-0.1, -0.05) is 12.1 Å². The van der Waals surface area contributed by atoms with E-state index in [0.717, 1.165) is 5.69 Å². The van der Waals surface area contributed by atoms with Crippen molar-refractivity contribution in [3.8, 4) is 0 Å². The summed E-state index contributed by atoms with van der Waals surface area (Å²) < 4.78 is 4.92. The van der Waals surface area contributed by atoms with Crippen LogP contribution >= 0.6 is 11.3 Å². The highest BCUT2D eigenvalue weighted by Gasteiger charge is 2.18. The van der Waals surface area contributed by atoms with Crippen LogP contribution in [0.15, 0.2) is 41.9 Å². The monoisotopic (exact) mass is 318 g/mol. The number of carbonyl (C=O) groups excluding carboxylic acids is 2. The molecule has 2 aromatic rings. The average Bonchev–Trinajstić information content (AvgIpc) is 3.06. The molecule has 2 aromatic heterocycles. The van der Waals surface area contributed by atoms with Crippen LogP contribution in [0.25, 0.3) is 0 Å². The first kappa shape index (κ1) is 16.2. The van der Waals surface area contributed by atoms with E-state index in [1.54, 1.807) is 24.1 Å². The Morgan fingerprint density at radius 3 is 2.77 bits per heavy atom. The Labute approximate surface area is 133 Å². The van der Waals surface area contributed by atoms with Crippen molar-refractivity contribution >= 4 is 23.2 Å². The van der Waals surface area contributed by atoms with Crippen LogP contribution in [-0.4, -0.2) is 34.9 Å². The standard InChI is InChI=1S/C16H18N2O3S/c1-2-21-15(19)8-10-18(12-13-6-3-4-9-17-13)16(20)14-7-5-11-22-14/h3-7,9,11H,2,8,10,12H2,1H3. The molecule has 2 heterocycles. The normalized spacial score (nSPS) is 10.2. The van der Waals surface area contributed by atoms with Gasteiger partial charge < -0.3 is 9.64 Å². The van der Waals surface area contributed by atoms with E-state index in [1.807, 2.05) is 29.6 Å². The minimum atomic E-state index is -0.299. The van der Waals surface area contributed by atoms with Crippen LogP contribution in [0.1, 0.15) is 28.7 Å². The van der Waals surface area contributed by atoms with Crippen molar-refractivity contribution in [3.63, 3.8) is 0 Å². The van der Waals surface area contributed by atoms with Gasteiger partial charge in [0.15, 0.2) is 0 Å². The molecule has 5 nitrogen and oxygen atoms in total. The van der Waals surface area contributed by atoms with E-state index in [2.05, 4.69) is 4.98 Å². The molecule has 0 aromatic carbocycles. The molecule has 116 valence electrons. The third kappa shape index (κ3) is 4.66. The van der Waals surface area contributed by atoms with Crippen molar-refractivity contribution in [3.05, 3.63) is 52.5 Å². The zero-order chi connectivity index (χ0) is 15.8. The molecular weight excluding hydrogens is 300 g/mol. The molecule has 0 aliphatic rings. The summed E-state index contributed by atoms with van der Waals surface area (Å²) in [4.78, 5) is 30.6. The highest BCUT2D eigenvalue weighted by atomic mass is 32.1. The van der Waals surface area contributed by atoms with Gasteiger partial charge in [-0.05, 0) is 30.5 Å². The van der Waals surface area contributed by atoms with Gasteiger partial charge in [-0.3, -0.25) is 14.6 Å². The molecular formula is C16H18N2O3S. The zero-order valence-electron chi connectivity index (χ0n) is 12.4. The molecule has 0 saturated heterocycles. The second kappa shape index (κ2) is 8.29. The molecule has 0 bridgehead atoms. The van der Waals surface area contributed by atoms with Gasteiger partial charge in [0, 0.05) is 12.7 Å². The third-order valence-corrected chi connectivity index (χ3v) is 3.85. The number of hydrogen-bond acceptors (Lipinski definition) is 5. The van der Waals surface area contributed by atoms with Crippen molar-refractivity contribution in [2.45, 2.75) is 19.9 Å². The van der Waals surface area contributed by atoms with Crippen LogP contribution in [0.5, 0.6) is 0 Å². The molecule has 0 aliphatic heterocycles. The number of rotatable bonds is 7. The molecule has 0 atom stereocenters. The van der Waals surface area contributed by atoms with Gasteiger partial charge in [0.25, 0.3) is 5.91 Å². The van der Waals surface area contributed by atoms with Gasteiger partial charge in [-0.2, -0.15) is 0 Å². The van der Waals surface area contributed by atoms with Gasteiger partial charge in [-0.15, -0.1) is 11.3 Å². The fraction of sp³-hybridized carbons (Fsp3) is 0.312. The molecule has 0 fully saturated rings. The first-order valence-corrected chi connectivity index (χ1v) is 7.97. The number of pyridine rings is 1. The summed E-state index contributed by atoms with van der Waals surface area (Å²) in [6, 6.07) is 9.18. The lowest BCUT2D eigenvalue weighted by atomic mass is 10.3. The second-order valence-corrected chi connectivity index (χ2v) is 5.53. The Morgan fingerprint density at radius 2 is 2.14 bits per heavy atom. The number of hydrogen-bond donors (Lipinski definition) is 0. The van der Waals surface area contributed by atoms with Crippen molar-refractivity contribution in [1.82, 2.24) is 9.88 Å². The lowest BCUT2D eigenvalue weighted by molar-refractivity contribution is -0.143. The van der Waals surface area contributed by atoms with Gasteiger partial charge in [0.2, 0.25) is 0 Å². The Morgan fingerprint density at radius 1 is 1.27 bits per heavy atom. The molecule has 22 heavy (non-hydrogen) atoms. The minimum absolute atomic E-state index is 0.0926. The lowest BCUT2D eigenvalue weighted by Gasteiger charge is -2.21. The number of amides is 1. The predicted molar refractivity (Wildman–Crippen MR) is 84.5 cm³/mol. The minimum Gasteiger partial charge on any atom is -0.466 e. The number of aromatic nitrogens is 1. The molecule has 0 N–H and O–H groups in total. The number of esters is 1. The number of thiophene rings is 1. The molecule has 0 aliphatic carbocycles.